The highest BCUT2D eigenvalue weighted by molar-refractivity contribution is 5.98. The van der Waals surface area contributed by atoms with Gasteiger partial charge in [0.05, 0.1) is 30.4 Å². The van der Waals surface area contributed by atoms with Crippen LogP contribution in [0.4, 0.5) is 13.6 Å². The van der Waals surface area contributed by atoms with Gasteiger partial charge in [-0.05, 0) is 31.4 Å². The number of aromatic nitrogens is 1. The molecule has 0 saturated heterocycles. The van der Waals surface area contributed by atoms with Crippen molar-refractivity contribution in [3.8, 4) is 0 Å². The summed E-state index contributed by atoms with van der Waals surface area (Å²) in [5.74, 6) is -3.87. The number of aryl methyl sites for hydroxylation is 2. The Balaban J connectivity index is 1.74. The van der Waals surface area contributed by atoms with Gasteiger partial charge in [0.2, 0.25) is 5.43 Å². The predicted molar refractivity (Wildman–Crippen MR) is 158 cm³/mol. The maximum Gasteiger partial charge on any atom is 0.428 e. The van der Waals surface area contributed by atoms with Gasteiger partial charge in [0.1, 0.15) is 17.5 Å². The molecule has 0 fully saturated rings. The molecule has 4 rings (SSSR count). The number of nitrogens with zero attached hydrogens (tertiary/aromatic N) is 3. The molecular weight excluding hydrogens is 578 g/mol. The number of guanidine groups is 1. The van der Waals surface area contributed by atoms with E-state index in [9.17, 15) is 19.2 Å². The Bertz CT molecular complexity index is 1630. The third-order valence-corrected chi connectivity index (χ3v) is 7.07. The third-order valence-electron chi connectivity index (χ3n) is 7.07. The normalized spacial score (nSPS) is 13.1. The minimum absolute atomic E-state index is 0.115. The van der Waals surface area contributed by atoms with E-state index in [4.69, 9.17) is 9.84 Å². The molecule has 12 nitrogen and oxygen atoms in total. The molecule has 2 aromatic carbocycles. The molecule has 44 heavy (non-hydrogen) atoms. The second kappa shape index (κ2) is 14.4. The van der Waals surface area contributed by atoms with Crippen LogP contribution in [-0.4, -0.2) is 64.4 Å². The third kappa shape index (κ3) is 7.68. The van der Waals surface area contributed by atoms with Crippen molar-refractivity contribution in [1.29, 1.82) is 0 Å². The van der Waals surface area contributed by atoms with E-state index >= 15 is 8.78 Å². The molecule has 0 spiro atoms. The van der Waals surface area contributed by atoms with Crippen LogP contribution in [0.15, 0.2) is 52.4 Å². The number of carbonyl (C=O) groups is 3. The molecule has 14 heteroatoms. The first-order chi connectivity index (χ1) is 21.1. The van der Waals surface area contributed by atoms with Crippen molar-refractivity contribution < 1.29 is 33.0 Å². The Labute approximate surface area is 251 Å². The Morgan fingerprint density at radius 3 is 2.64 bits per heavy atom. The van der Waals surface area contributed by atoms with Crippen LogP contribution in [-0.2, 0) is 29.0 Å². The lowest BCUT2D eigenvalue weighted by molar-refractivity contribution is -0.137. The second-order valence-corrected chi connectivity index (χ2v) is 10.2. The van der Waals surface area contributed by atoms with E-state index in [0.29, 0.717) is 36.9 Å². The number of nitrogens with one attached hydrogen (secondary N) is 3. The van der Waals surface area contributed by atoms with Crippen LogP contribution >= 0.6 is 0 Å². The number of amides is 2. The average molecular weight is 613 g/mol. The number of ether oxygens (including phenoxy) is 1. The zero-order chi connectivity index (χ0) is 31.8. The van der Waals surface area contributed by atoms with Crippen LogP contribution in [0.1, 0.15) is 48.2 Å². The van der Waals surface area contributed by atoms with Crippen molar-refractivity contribution in [3.05, 3.63) is 81.1 Å². The fourth-order valence-corrected chi connectivity index (χ4v) is 4.51. The van der Waals surface area contributed by atoms with E-state index in [2.05, 4.69) is 21.1 Å². The molecule has 1 aliphatic heterocycles. The predicted octanol–water partition coefficient (Wildman–Crippen LogP) is 2.93. The van der Waals surface area contributed by atoms with Crippen molar-refractivity contribution in [3.63, 3.8) is 0 Å². The zero-order valence-electron chi connectivity index (χ0n) is 24.4. The molecule has 1 aliphatic rings. The van der Waals surface area contributed by atoms with Gasteiger partial charge >= 0.3 is 12.1 Å². The smallest absolute Gasteiger partial charge is 0.428 e. The van der Waals surface area contributed by atoms with Crippen molar-refractivity contribution in [2.24, 2.45) is 4.99 Å². The Morgan fingerprint density at radius 1 is 1.23 bits per heavy atom. The number of hydrogen-bond donors (Lipinski definition) is 4. The number of rotatable bonds is 11. The molecule has 0 bridgehead atoms. The van der Waals surface area contributed by atoms with Gasteiger partial charge in [-0.15, -0.1) is 0 Å². The highest BCUT2D eigenvalue weighted by Crippen LogP contribution is 2.24. The van der Waals surface area contributed by atoms with Gasteiger partial charge in [-0.3, -0.25) is 24.8 Å². The largest absolute Gasteiger partial charge is 0.481 e. The molecular formula is C30H34F2N6O6. The summed E-state index contributed by atoms with van der Waals surface area (Å²) < 4.78 is 37.9. The Kier molecular flexibility index (Phi) is 10.5. The first-order valence-electron chi connectivity index (χ1n) is 14.2. The molecule has 2 heterocycles. The SMILES string of the molecule is CCC(C)OC(=O)N(CCC(=O)O)NC(=O)c1cn(CCc2ccccc2)c2c(F)c(CNC3=NCCN3)c(F)cc2c1=O. The van der Waals surface area contributed by atoms with Crippen molar-refractivity contribution in [2.75, 3.05) is 19.6 Å². The molecule has 0 radical (unpaired) electrons. The van der Waals surface area contributed by atoms with E-state index in [1.54, 1.807) is 13.8 Å². The Hall–Kier alpha value is -5.01. The van der Waals surface area contributed by atoms with Crippen molar-refractivity contribution in [1.82, 2.24) is 25.6 Å². The summed E-state index contributed by atoms with van der Waals surface area (Å²) >= 11 is 0. The maximum atomic E-state index is 16.0. The second-order valence-electron chi connectivity index (χ2n) is 10.2. The van der Waals surface area contributed by atoms with Crippen LogP contribution in [0, 0.1) is 11.6 Å². The van der Waals surface area contributed by atoms with E-state index in [1.165, 1.54) is 4.57 Å². The lowest BCUT2D eigenvalue weighted by Crippen LogP contribution is -2.49. The van der Waals surface area contributed by atoms with Crippen LogP contribution in [0.5, 0.6) is 0 Å². The van der Waals surface area contributed by atoms with Crippen LogP contribution in [0.2, 0.25) is 0 Å². The number of carboxylic acids is 1. The van der Waals surface area contributed by atoms with E-state index < -0.39 is 59.7 Å². The number of carbonyl (C=O) groups excluding carboxylic acids is 2. The first kappa shape index (κ1) is 31.9. The summed E-state index contributed by atoms with van der Waals surface area (Å²) in [5, 5.41) is 15.2. The van der Waals surface area contributed by atoms with Crippen molar-refractivity contribution in [2.45, 2.75) is 52.3 Å². The maximum absolute atomic E-state index is 16.0. The van der Waals surface area contributed by atoms with Gasteiger partial charge in [0.15, 0.2) is 11.8 Å². The Morgan fingerprint density at radius 2 is 1.98 bits per heavy atom. The number of benzene rings is 2. The van der Waals surface area contributed by atoms with Gasteiger partial charge in [0, 0.05) is 31.4 Å². The molecule has 4 N–H and O–H groups in total. The monoisotopic (exact) mass is 612 g/mol. The number of carboxylic acid groups (broad SMARTS) is 1. The van der Waals surface area contributed by atoms with Gasteiger partial charge in [0.25, 0.3) is 5.91 Å². The minimum Gasteiger partial charge on any atom is -0.481 e. The number of hydrogen-bond acceptors (Lipinski definition) is 8. The van der Waals surface area contributed by atoms with Gasteiger partial charge in [-0.25, -0.2) is 18.6 Å². The number of halogens is 2. The van der Waals surface area contributed by atoms with Crippen LogP contribution in [0.25, 0.3) is 10.9 Å². The number of pyridine rings is 1. The average Bonchev–Trinajstić information content (AvgIpc) is 3.52. The number of fused-ring (bicyclic) bond motifs is 1. The lowest BCUT2D eigenvalue weighted by Gasteiger charge is -2.24. The van der Waals surface area contributed by atoms with E-state index in [1.807, 2.05) is 30.3 Å². The fourth-order valence-electron chi connectivity index (χ4n) is 4.51. The first-order valence-corrected chi connectivity index (χ1v) is 14.2. The van der Waals surface area contributed by atoms with Gasteiger partial charge in [-0.1, -0.05) is 37.3 Å². The summed E-state index contributed by atoms with van der Waals surface area (Å²) in [4.78, 5) is 55.0. The summed E-state index contributed by atoms with van der Waals surface area (Å²) in [5.41, 5.74) is 1.16. The molecule has 3 aromatic rings. The zero-order valence-corrected chi connectivity index (χ0v) is 24.4. The van der Waals surface area contributed by atoms with E-state index in [-0.39, 0.29) is 29.6 Å². The standard InChI is InChI=1S/C30H34F2N6O6/c1-3-18(2)44-30(43)38(14-10-24(39)40)36-28(42)22-17-37(13-9-19-7-5-4-6-8-19)26-20(27(22)41)15-23(31)21(25(26)32)16-35-29-33-11-12-34-29/h4-8,15,17-18H,3,9-14,16H2,1-2H3,(H,36,42)(H,39,40)(H2,33,34,35). The molecule has 1 aromatic heterocycles. The van der Waals surface area contributed by atoms with Gasteiger partial charge in [-0.2, -0.15) is 0 Å². The number of aliphatic imine (C=N–C) groups is 1. The van der Waals surface area contributed by atoms with Crippen LogP contribution in [0.3, 0.4) is 0 Å². The number of aliphatic carboxylic acids is 1. The highest BCUT2D eigenvalue weighted by Gasteiger charge is 2.26. The summed E-state index contributed by atoms with van der Waals surface area (Å²) in [6, 6.07) is 10.1. The lowest BCUT2D eigenvalue weighted by atomic mass is 10.1. The molecule has 234 valence electrons. The fraction of sp³-hybridized carbons (Fsp3) is 0.367. The minimum atomic E-state index is -1.23. The van der Waals surface area contributed by atoms with E-state index in [0.717, 1.165) is 17.8 Å². The highest BCUT2D eigenvalue weighted by atomic mass is 19.1. The summed E-state index contributed by atoms with van der Waals surface area (Å²) in [7, 11) is 0. The molecule has 0 aliphatic carbocycles. The topological polar surface area (TPSA) is 154 Å². The molecule has 2 amide bonds. The van der Waals surface area contributed by atoms with Crippen molar-refractivity contribution >= 4 is 34.8 Å². The van der Waals surface area contributed by atoms with Crippen LogP contribution < -0.4 is 21.5 Å². The quantitative estimate of drug-likeness (QED) is 0.241. The molecule has 1 unspecified atom stereocenters. The molecule has 1 atom stereocenters. The summed E-state index contributed by atoms with van der Waals surface area (Å²) in [6.45, 7) is 3.93. The summed E-state index contributed by atoms with van der Waals surface area (Å²) in [6.07, 6.45) is -0.0774. The molecule has 0 saturated carbocycles. The van der Waals surface area contributed by atoms with Gasteiger partial charge < -0.3 is 25.0 Å². The number of hydrazine groups is 1.